The van der Waals surface area contributed by atoms with Gasteiger partial charge in [0.25, 0.3) is 5.91 Å². The number of pyridine rings is 2. The summed E-state index contributed by atoms with van der Waals surface area (Å²) in [4.78, 5) is 20.6. The second kappa shape index (κ2) is 6.52. The van der Waals surface area contributed by atoms with Crippen LogP contribution >= 0.6 is 0 Å². The van der Waals surface area contributed by atoms with Crippen LogP contribution in [0.4, 0.5) is 5.69 Å². The van der Waals surface area contributed by atoms with Gasteiger partial charge in [-0.15, -0.1) is 0 Å². The lowest BCUT2D eigenvalue weighted by Crippen LogP contribution is -2.16. The Kier molecular flexibility index (Phi) is 3.92. The quantitative estimate of drug-likeness (QED) is 0.625. The van der Waals surface area contributed by atoms with Crippen molar-refractivity contribution in [2.75, 3.05) is 5.32 Å². The predicted molar refractivity (Wildman–Crippen MR) is 94.4 cm³/mol. The third-order valence-electron chi connectivity index (χ3n) is 3.90. The standard InChI is InChI=1S/C19H15N5O/c25-19(17-2-1-3-18-21-13-22-24(17)18)23-16-6-4-14(5-7-16)12-15-8-10-20-11-9-15/h1-11,13H,12H2,(H,23,25). The minimum Gasteiger partial charge on any atom is -0.321 e. The Morgan fingerprint density at radius 2 is 1.72 bits per heavy atom. The fourth-order valence-corrected chi connectivity index (χ4v) is 2.65. The maximum Gasteiger partial charge on any atom is 0.274 e. The van der Waals surface area contributed by atoms with Crippen LogP contribution in [0.5, 0.6) is 0 Å². The van der Waals surface area contributed by atoms with Crippen LogP contribution in [-0.4, -0.2) is 25.5 Å². The van der Waals surface area contributed by atoms with Crippen molar-refractivity contribution in [2.45, 2.75) is 6.42 Å². The van der Waals surface area contributed by atoms with Gasteiger partial charge in [-0.1, -0.05) is 18.2 Å². The monoisotopic (exact) mass is 329 g/mol. The summed E-state index contributed by atoms with van der Waals surface area (Å²) >= 11 is 0. The first-order chi connectivity index (χ1) is 12.3. The summed E-state index contributed by atoms with van der Waals surface area (Å²) in [6.45, 7) is 0. The molecule has 0 unspecified atom stereocenters. The van der Waals surface area contributed by atoms with Crippen LogP contribution in [0.3, 0.4) is 0 Å². The van der Waals surface area contributed by atoms with Gasteiger partial charge in [-0.25, -0.2) is 9.50 Å². The molecule has 6 heteroatoms. The van der Waals surface area contributed by atoms with E-state index >= 15 is 0 Å². The van der Waals surface area contributed by atoms with E-state index in [4.69, 9.17) is 0 Å². The lowest BCUT2D eigenvalue weighted by Gasteiger charge is -2.08. The summed E-state index contributed by atoms with van der Waals surface area (Å²) < 4.78 is 1.52. The normalized spacial score (nSPS) is 10.7. The molecule has 4 rings (SSSR count). The summed E-state index contributed by atoms with van der Waals surface area (Å²) in [6.07, 6.45) is 5.83. The lowest BCUT2D eigenvalue weighted by atomic mass is 10.1. The highest BCUT2D eigenvalue weighted by molar-refractivity contribution is 6.03. The minimum absolute atomic E-state index is 0.224. The molecule has 25 heavy (non-hydrogen) atoms. The molecule has 1 N–H and O–H groups in total. The highest BCUT2D eigenvalue weighted by Crippen LogP contribution is 2.14. The molecule has 122 valence electrons. The molecule has 0 saturated heterocycles. The van der Waals surface area contributed by atoms with E-state index < -0.39 is 0 Å². The van der Waals surface area contributed by atoms with Crippen molar-refractivity contribution >= 4 is 17.2 Å². The average Bonchev–Trinajstić information content (AvgIpc) is 3.13. The zero-order valence-electron chi connectivity index (χ0n) is 13.3. The summed E-state index contributed by atoms with van der Waals surface area (Å²) in [7, 11) is 0. The number of anilines is 1. The molecular formula is C19H15N5O. The maximum absolute atomic E-state index is 12.5. The minimum atomic E-state index is -0.224. The predicted octanol–water partition coefficient (Wildman–Crippen LogP) is 2.97. The van der Waals surface area contributed by atoms with Gasteiger partial charge in [0.05, 0.1) is 0 Å². The first-order valence-electron chi connectivity index (χ1n) is 7.87. The van der Waals surface area contributed by atoms with Crippen LogP contribution in [0.2, 0.25) is 0 Å². The van der Waals surface area contributed by atoms with Gasteiger partial charge in [0, 0.05) is 18.1 Å². The fraction of sp³-hybridized carbons (Fsp3) is 0.0526. The van der Waals surface area contributed by atoms with Gasteiger partial charge >= 0.3 is 0 Å². The highest BCUT2D eigenvalue weighted by atomic mass is 16.2. The van der Waals surface area contributed by atoms with Crippen LogP contribution in [0, 0.1) is 0 Å². The third-order valence-corrected chi connectivity index (χ3v) is 3.90. The molecule has 1 aromatic carbocycles. The molecule has 0 aliphatic heterocycles. The number of nitrogens with one attached hydrogen (secondary N) is 1. The van der Waals surface area contributed by atoms with Crippen molar-refractivity contribution in [3.05, 3.63) is 90.1 Å². The van der Waals surface area contributed by atoms with Crippen LogP contribution in [-0.2, 0) is 6.42 Å². The number of carbonyl (C=O) groups excluding carboxylic acids is 1. The van der Waals surface area contributed by atoms with Crippen molar-refractivity contribution in [1.29, 1.82) is 0 Å². The molecule has 4 aromatic rings. The van der Waals surface area contributed by atoms with Crippen LogP contribution in [0.15, 0.2) is 73.3 Å². The highest BCUT2D eigenvalue weighted by Gasteiger charge is 2.11. The SMILES string of the molecule is O=C(Nc1ccc(Cc2ccncc2)cc1)c1cccc2ncnn12. The van der Waals surface area contributed by atoms with Gasteiger partial charge in [0.15, 0.2) is 5.65 Å². The molecule has 6 nitrogen and oxygen atoms in total. The summed E-state index contributed by atoms with van der Waals surface area (Å²) in [5.41, 5.74) is 4.18. The molecule has 0 atom stereocenters. The lowest BCUT2D eigenvalue weighted by molar-refractivity contribution is 0.102. The molecule has 0 aliphatic rings. The topological polar surface area (TPSA) is 72.2 Å². The Balaban J connectivity index is 1.49. The number of carbonyl (C=O) groups is 1. The van der Waals surface area contributed by atoms with Crippen molar-refractivity contribution in [2.24, 2.45) is 0 Å². The second-order valence-corrected chi connectivity index (χ2v) is 5.62. The zero-order valence-corrected chi connectivity index (χ0v) is 13.3. The third kappa shape index (κ3) is 3.23. The van der Waals surface area contributed by atoms with Gasteiger partial charge < -0.3 is 5.32 Å². The largest absolute Gasteiger partial charge is 0.321 e. The Morgan fingerprint density at radius 3 is 2.52 bits per heavy atom. The first-order valence-corrected chi connectivity index (χ1v) is 7.87. The Labute approximate surface area is 144 Å². The van der Waals surface area contributed by atoms with E-state index in [1.165, 1.54) is 22.0 Å². The van der Waals surface area contributed by atoms with Crippen molar-refractivity contribution < 1.29 is 4.79 Å². The van der Waals surface area contributed by atoms with E-state index in [9.17, 15) is 4.79 Å². The molecule has 0 fully saturated rings. The molecule has 0 saturated carbocycles. The average molecular weight is 329 g/mol. The van der Waals surface area contributed by atoms with E-state index in [-0.39, 0.29) is 5.91 Å². The Morgan fingerprint density at radius 1 is 0.960 bits per heavy atom. The summed E-state index contributed by atoms with van der Waals surface area (Å²) in [5, 5.41) is 6.98. The number of amides is 1. The number of hydrogen-bond donors (Lipinski definition) is 1. The number of rotatable bonds is 4. The van der Waals surface area contributed by atoms with Crippen LogP contribution < -0.4 is 5.32 Å². The molecule has 0 spiro atoms. The van der Waals surface area contributed by atoms with E-state index in [1.807, 2.05) is 36.4 Å². The molecule has 0 radical (unpaired) electrons. The smallest absolute Gasteiger partial charge is 0.274 e. The van der Waals surface area contributed by atoms with Crippen molar-refractivity contribution in [3.8, 4) is 0 Å². The summed E-state index contributed by atoms with van der Waals surface area (Å²) in [5.74, 6) is -0.224. The van der Waals surface area contributed by atoms with Crippen molar-refractivity contribution in [1.82, 2.24) is 19.6 Å². The van der Waals surface area contributed by atoms with Crippen LogP contribution in [0.25, 0.3) is 5.65 Å². The van der Waals surface area contributed by atoms with Crippen molar-refractivity contribution in [3.63, 3.8) is 0 Å². The first kappa shape index (κ1) is 15.0. The maximum atomic E-state index is 12.5. The Hall–Kier alpha value is -3.54. The van der Waals surface area contributed by atoms with E-state index in [1.54, 1.807) is 30.6 Å². The zero-order chi connectivity index (χ0) is 17.1. The fourth-order valence-electron chi connectivity index (χ4n) is 2.65. The number of fused-ring (bicyclic) bond motifs is 1. The van der Waals surface area contributed by atoms with Crippen LogP contribution in [0.1, 0.15) is 21.6 Å². The molecule has 3 aromatic heterocycles. The van der Waals surface area contributed by atoms with E-state index in [0.717, 1.165) is 12.1 Å². The number of benzene rings is 1. The van der Waals surface area contributed by atoms with Gasteiger partial charge in [-0.05, 0) is 53.9 Å². The van der Waals surface area contributed by atoms with E-state index in [0.29, 0.717) is 11.3 Å². The van der Waals surface area contributed by atoms with E-state index in [2.05, 4.69) is 20.4 Å². The molecule has 0 bridgehead atoms. The van der Waals surface area contributed by atoms with Gasteiger partial charge in [-0.2, -0.15) is 5.10 Å². The van der Waals surface area contributed by atoms with Gasteiger partial charge in [0.1, 0.15) is 12.0 Å². The number of nitrogens with zero attached hydrogens (tertiary/aromatic N) is 4. The Bertz CT molecular complexity index is 1010. The molecular weight excluding hydrogens is 314 g/mol. The number of aromatic nitrogens is 4. The number of hydrogen-bond acceptors (Lipinski definition) is 4. The second-order valence-electron chi connectivity index (χ2n) is 5.62. The molecule has 3 heterocycles. The van der Waals surface area contributed by atoms with Gasteiger partial charge in [0.2, 0.25) is 0 Å². The van der Waals surface area contributed by atoms with Gasteiger partial charge in [-0.3, -0.25) is 9.78 Å². The summed E-state index contributed by atoms with van der Waals surface area (Å²) in [6, 6.07) is 17.1. The molecule has 1 amide bonds. The molecule has 0 aliphatic carbocycles.